The molecule has 0 aromatic rings. The van der Waals surface area contributed by atoms with Crippen molar-refractivity contribution in [2.75, 3.05) is 6.67 Å². The Balaban J connectivity index is 3.42. The molecule has 0 aliphatic carbocycles. The fourth-order valence-electron chi connectivity index (χ4n) is 3.38. The Kier molecular flexibility index (Phi) is 5.51. The molecular formula is C17H32N2. The molecule has 0 radical (unpaired) electrons. The lowest BCUT2D eigenvalue weighted by Crippen LogP contribution is -2.17. The summed E-state index contributed by atoms with van der Waals surface area (Å²) in [5.74, 6) is 2.33. The lowest BCUT2D eigenvalue weighted by molar-refractivity contribution is 0.596. The predicted molar refractivity (Wildman–Crippen MR) is 84.5 cm³/mol. The first kappa shape index (κ1) is 16.1. The quantitative estimate of drug-likeness (QED) is 0.792. The van der Waals surface area contributed by atoms with Gasteiger partial charge in [-0.05, 0) is 34.8 Å². The average molecular weight is 264 g/mol. The zero-order valence-electron chi connectivity index (χ0n) is 14.0. The first-order chi connectivity index (χ1) is 8.77. The minimum atomic E-state index is 0.581. The van der Waals surface area contributed by atoms with Gasteiger partial charge in [0.1, 0.15) is 0 Å². The molecule has 1 heterocycles. The third-order valence-corrected chi connectivity index (χ3v) is 3.85. The van der Waals surface area contributed by atoms with Crippen molar-refractivity contribution >= 4 is 0 Å². The third kappa shape index (κ3) is 3.55. The van der Waals surface area contributed by atoms with Gasteiger partial charge in [0, 0.05) is 0 Å². The summed E-state index contributed by atoms with van der Waals surface area (Å²) < 4.78 is 0. The molecule has 1 saturated heterocycles. The summed E-state index contributed by atoms with van der Waals surface area (Å²) in [7, 11) is 0. The van der Waals surface area contributed by atoms with E-state index < -0.39 is 0 Å². The van der Waals surface area contributed by atoms with Gasteiger partial charge in [-0.25, -0.2) is 0 Å². The number of hydrogen-bond acceptors (Lipinski definition) is 2. The largest absolute Gasteiger partial charge is 0.366 e. The fraction of sp³-hybridized carbons (Fsp3) is 0.765. The molecular weight excluding hydrogens is 232 g/mol. The maximum Gasteiger partial charge on any atom is 0.0850 e. The Labute approximate surface area is 119 Å². The third-order valence-electron chi connectivity index (χ3n) is 3.85. The molecule has 0 spiro atoms. The standard InChI is InChI=1S/C17H32N2/c1-10(2)14(11(3)4)16-17(19-9-18-16)15(12(5)6)13(7)8/h10-13,18-19H,9H2,1-8H3. The highest BCUT2D eigenvalue weighted by Crippen LogP contribution is 2.32. The number of allylic oxidation sites excluding steroid dienone is 2. The van der Waals surface area contributed by atoms with Gasteiger partial charge in [0.2, 0.25) is 0 Å². The highest BCUT2D eigenvalue weighted by molar-refractivity contribution is 5.41. The van der Waals surface area contributed by atoms with E-state index in [0.29, 0.717) is 23.7 Å². The van der Waals surface area contributed by atoms with Crippen LogP contribution in [0, 0.1) is 23.7 Å². The van der Waals surface area contributed by atoms with Crippen LogP contribution >= 0.6 is 0 Å². The second kappa shape index (κ2) is 6.49. The molecule has 0 unspecified atom stereocenters. The van der Waals surface area contributed by atoms with Crippen molar-refractivity contribution in [1.82, 2.24) is 10.6 Å². The fourth-order valence-corrected chi connectivity index (χ4v) is 3.38. The van der Waals surface area contributed by atoms with Crippen LogP contribution in [0.3, 0.4) is 0 Å². The van der Waals surface area contributed by atoms with Crippen LogP contribution in [0.5, 0.6) is 0 Å². The van der Waals surface area contributed by atoms with Crippen LogP contribution in [0.2, 0.25) is 0 Å². The van der Waals surface area contributed by atoms with E-state index in [-0.39, 0.29) is 0 Å². The van der Waals surface area contributed by atoms with Crippen molar-refractivity contribution in [2.45, 2.75) is 55.4 Å². The van der Waals surface area contributed by atoms with Crippen LogP contribution in [0.15, 0.2) is 22.5 Å². The molecule has 1 fully saturated rings. The van der Waals surface area contributed by atoms with Gasteiger partial charge in [-0.2, -0.15) is 0 Å². The Bertz CT molecular complexity index is 315. The number of nitrogens with one attached hydrogen (secondary N) is 2. The number of hydrogen-bond donors (Lipinski definition) is 2. The van der Waals surface area contributed by atoms with E-state index in [0.717, 1.165) is 6.67 Å². The minimum Gasteiger partial charge on any atom is -0.366 e. The van der Waals surface area contributed by atoms with Crippen LogP contribution in [0.1, 0.15) is 55.4 Å². The molecule has 1 rings (SSSR count). The van der Waals surface area contributed by atoms with E-state index in [1.165, 1.54) is 11.4 Å². The van der Waals surface area contributed by atoms with Gasteiger partial charge < -0.3 is 10.6 Å². The monoisotopic (exact) mass is 264 g/mol. The van der Waals surface area contributed by atoms with Gasteiger partial charge in [-0.15, -0.1) is 0 Å². The highest BCUT2D eigenvalue weighted by atomic mass is 15.2. The van der Waals surface area contributed by atoms with Crippen molar-refractivity contribution < 1.29 is 0 Å². The second-order valence-corrected chi connectivity index (χ2v) is 6.81. The first-order valence-corrected chi connectivity index (χ1v) is 7.73. The minimum absolute atomic E-state index is 0.581. The molecule has 0 aromatic heterocycles. The molecule has 19 heavy (non-hydrogen) atoms. The summed E-state index contributed by atoms with van der Waals surface area (Å²) in [5, 5.41) is 7.14. The summed E-state index contributed by atoms with van der Waals surface area (Å²) in [5.41, 5.74) is 5.81. The van der Waals surface area contributed by atoms with Gasteiger partial charge >= 0.3 is 0 Å². The lowest BCUT2D eigenvalue weighted by Gasteiger charge is -2.24. The van der Waals surface area contributed by atoms with Crippen LogP contribution in [0.4, 0.5) is 0 Å². The van der Waals surface area contributed by atoms with E-state index in [9.17, 15) is 0 Å². The van der Waals surface area contributed by atoms with Gasteiger partial charge in [-0.3, -0.25) is 0 Å². The lowest BCUT2D eigenvalue weighted by atomic mass is 9.85. The Morgan fingerprint density at radius 2 is 0.895 bits per heavy atom. The Morgan fingerprint density at radius 1 is 0.632 bits per heavy atom. The van der Waals surface area contributed by atoms with E-state index >= 15 is 0 Å². The molecule has 0 amide bonds. The van der Waals surface area contributed by atoms with Crippen LogP contribution in [-0.2, 0) is 0 Å². The van der Waals surface area contributed by atoms with Crippen molar-refractivity contribution in [1.29, 1.82) is 0 Å². The van der Waals surface area contributed by atoms with Gasteiger partial charge in [-0.1, -0.05) is 55.4 Å². The summed E-state index contributed by atoms with van der Waals surface area (Å²) in [6.07, 6.45) is 0. The normalized spacial score (nSPS) is 15.6. The van der Waals surface area contributed by atoms with E-state index in [4.69, 9.17) is 0 Å². The maximum atomic E-state index is 3.57. The zero-order valence-corrected chi connectivity index (χ0v) is 14.0. The molecule has 1 aliphatic rings. The Hall–Kier alpha value is -0.920. The van der Waals surface area contributed by atoms with Crippen molar-refractivity contribution in [3.05, 3.63) is 22.5 Å². The van der Waals surface area contributed by atoms with Crippen molar-refractivity contribution in [3.63, 3.8) is 0 Å². The maximum absolute atomic E-state index is 3.57. The summed E-state index contributed by atoms with van der Waals surface area (Å²) >= 11 is 0. The van der Waals surface area contributed by atoms with Gasteiger partial charge in [0.25, 0.3) is 0 Å². The van der Waals surface area contributed by atoms with Crippen LogP contribution < -0.4 is 10.6 Å². The van der Waals surface area contributed by atoms with Crippen LogP contribution in [-0.4, -0.2) is 6.67 Å². The Morgan fingerprint density at radius 3 is 1.11 bits per heavy atom. The molecule has 0 aromatic carbocycles. The van der Waals surface area contributed by atoms with E-state index in [2.05, 4.69) is 66.0 Å². The van der Waals surface area contributed by atoms with Gasteiger partial charge in [0.15, 0.2) is 0 Å². The molecule has 2 N–H and O–H groups in total. The van der Waals surface area contributed by atoms with Crippen molar-refractivity contribution in [3.8, 4) is 0 Å². The molecule has 110 valence electrons. The summed E-state index contributed by atoms with van der Waals surface area (Å²) in [4.78, 5) is 0. The highest BCUT2D eigenvalue weighted by Gasteiger charge is 2.25. The molecule has 0 atom stereocenters. The average Bonchev–Trinajstić information content (AvgIpc) is 2.64. The molecule has 0 saturated carbocycles. The zero-order chi connectivity index (χ0) is 14.7. The SMILES string of the molecule is CC(C)C(=C1NCNC1=C(C(C)C)C(C)C)C(C)C. The number of rotatable bonds is 4. The predicted octanol–water partition coefficient (Wildman–Crippen LogP) is 4.27. The molecule has 2 nitrogen and oxygen atoms in total. The summed E-state index contributed by atoms with van der Waals surface area (Å²) in [6, 6.07) is 0. The molecule has 1 aliphatic heterocycles. The van der Waals surface area contributed by atoms with Crippen molar-refractivity contribution in [2.24, 2.45) is 23.7 Å². The smallest absolute Gasteiger partial charge is 0.0850 e. The summed E-state index contributed by atoms with van der Waals surface area (Å²) in [6.45, 7) is 19.2. The molecule has 2 heteroatoms. The molecule has 0 bridgehead atoms. The van der Waals surface area contributed by atoms with Crippen LogP contribution in [0.25, 0.3) is 0 Å². The second-order valence-electron chi connectivity index (χ2n) is 6.81. The van der Waals surface area contributed by atoms with Gasteiger partial charge in [0.05, 0.1) is 18.1 Å². The van der Waals surface area contributed by atoms with E-state index in [1.807, 2.05) is 0 Å². The topological polar surface area (TPSA) is 24.1 Å². The first-order valence-electron chi connectivity index (χ1n) is 7.73. The van der Waals surface area contributed by atoms with E-state index in [1.54, 1.807) is 11.1 Å².